The first-order valence-corrected chi connectivity index (χ1v) is 6.91. The zero-order chi connectivity index (χ0) is 13.2. The number of benzene rings is 1. The number of fused-ring (bicyclic) bond motifs is 3. The Labute approximate surface area is 112 Å². The van der Waals surface area contributed by atoms with Crippen molar-refractivity contribution in [3.05, 3.63) is 29.7 Å². The van der Waals surface area contributed by atoms with Gasteiger partial charge in [0.25, 0.3) is 0 Å². The van der Waals surface area contributed by atoms with Crippen LogP contribution in [-0.4, -0.2) is 17.4 Å². The maximum Gasteiger partial charge on any atom is 0.219 e. The first kappa shape index (κ1) is 12.2. The Morgan fingerprint density at radius 3 is 3.26 bits per heavy atom. The van der Waals surface area contributed by atoms with Crippen LogP contribution in [0, 0.1) is 0 Å². The van der Waals surface area contributed by atoms with Crippen LogP contribution in [-0.2, 0) is 11.2 Å². The summed E-state index contributed by atoms with van der Waals surface area (Å²) in [4.78, 5) is 15.5. The normalized spacial score (nSPS) is 17.6. The molecule has 0 radical (unpaired) electrons. The molecule has 1 heterocycles. The molecular weight excluding hydrogens is 240 g/mol. The van der Waals surface area contributed by atoms with Gasteiger partial charge in [-0.15, -0.1) is 0 Å². The topological polar surface area (TPSA) is 55.1 Å². The van der Waals surface area contributed by atoms with Gasteiger partial charge in [0.05, 0.1) is 0 Å². The van der Waals surface area contributed by atoms with Crippen LogP contribution in [0.2, 0.25) is 0 Å². The fourth-order valence-electron chi connectivity index (χ4n) is 2.93. The molecule has 4 heteroatoms. The lowest BCUT2D eigenvalue weighted by molar-refractivity contribution is -0.120. The van der Waals surface area contributed by atoms with E-state index in [-0.39, 0.29) is 5.91 Å². The van der Waals surface area contributed by atoms with Gasteiger partial charge >= 0.3 is 0 Å². The molecule has 0 aliphatic heterocycles. The Bertz CT molecular complexity index is 603. The molecule has 0 saturated carbocycles. The summed E-state index contributed by atoms with van der Waals surface area (Å²) in [5.74, 6) is 0.597. The second kappa shape index (κ2) is 5.03. The highest BCUT2D eigenvalue weighted by atomic mass is 16.3. The summed E-state index contributed by atoms with van der Waals surface area (Å²) in [6.07, 6.45) is 5.26. The Morgan fingerprint density at radius 1 is 1.53 bits per heavy atom. The quantitative estimate of drug-likeness (QED) is 0.917. The molecule has 1 aromatic carbocycles. The van der Waals surface area contributed by atoms with Gasteiger partial charge in [-0.05, 0) is 36.8 Å². The highest BCUT2D eigenvalue weighted by Gasteiger charge is 2.26. The molecule has 0 spiro atoms. The van der Waals surface area contributed by atoms with Crippen molar-refractivity contribution in [2.24, 2.45) is 0 Å². The molecule has 0 fully saturated rings. The molecule has 2 aromatic rings. The SMILES string of the molecule is CCC(=O)NCCC1CCc2ccc3ncoc3c21. The molecule has 100 valence electrons. The zero-order valence-corrected chi connectivity index (χ0v) is 11.1. The predicted octanol–water partition coefficient (Wildman–Crippen LogP) is 2.77. The lowest BCUT2D eigenvalue weighted by Gasteiger charge is -2.12. The molecule has 1 amide bonds. The van der Waals surface area contributed by atoms with Gasteiger partial charge in [-0.3, -0.25) is 4.79 Å². The average molecular weight is 258 g/mol. The third-order valence-corrected chi connectivity index (χ3v) is 3.93. The highest BCUT2D eigenvalue weighted by Crippen LogP contribution is 2.39. The molecule has 1 atom stereocenters. The van der Waals surface area contributed by atoms with Crippen molar-refractivity contribution >= 4 is 17.0 Å². The van der Waals surface area contributed by atoms with Crippen LogP contribution in [0.1, 0.15) is 43.2 Å². The van der Waals surface area contributed by atoms with E-state index in [1.165, 1.54) is 17.5 Å². The van der Waals surface area contributed by atoms with Crippen molar-refractivity contribution in [3.63, 3.8) is 0 Å². The number of carbonyl (C=O) groups excluding carboxylic acids is 1. The summed E-state index contributed by atoms with van der Waals surface area (Å²) in [5.41, 5.74) is 4.54. The Kier molecular flexibility index (Phi) is 3.23. The number of hydrogen-bond acceptors (Lipinski definition) is 3. The van der Waals surface area contributed by atoms with Crippen LogP contribution in [0.25, 0.3) is 11.1 Å². The lowest BCUT2D eigenvalue weighted by Crippen LogP contribution is -2.24. The van der Waals surface area contributed by atoms with E-state index in [9.17, 15) is 4.79 Å². The van der Waals surface area contributed by atoms with E-state index in [1.807, 2.05) is 13.0 Å². The largest absolute Gasteiger partial charge is 0.443 e. The van der Waals surface area contributed by atoms with Gasteiger partial charge in [-0.1, -0.05) is 13.0 Å². The highest BCUT2D eigenvalue weighted by molar-refractivity contribution is 5.79. The fraction of sp³-hybridized carbons (Fsp3) is 0.467. The molecule has 0 bridgehead atoms. The molecule has 1 aliphatic carbocycles. The molecule has 1 aromatic heterocycles. The summed E-state index contributed by atoms with van der Waals surface area (Å²) < 4.78 is 5.54. The van der Waals surface area contributed by atoms with Crippen molar-refractivity contribution in [2.75, 3.05) is 6.54 Å². The van der Waals surface area contributed by atoms with E-state index >= 15 is 0 Å². The number of nitrogens with zero attached hydrogens (tertiary/aromatic N) is 1. The summed E-state index contributed by atoms with van der Waals surface area (Å²) in [6, 6.07) is 4.18. The van der Waals surface area contributed by atoms with E-state index < -0.39 is 0 Å². The van der Waals surface area contributed by atoms with Gasteiger partial charge in [0.2, 0.25) is 5.91 Å². The van der Waals surface area contributed by atoms with Crippen LogP contribution < -0.4 is 5.32 Å². The van der Waals surface area contributed by atoms with Crippen LogP contribution >= 0.6 is 0 Å². The first-order valence-electron chi connectivity index (χ1n) is 6.91. The van der Waals surface area contributed by atoms with Crippen molar-refractivity contribution in [1.29, 1.82) is 0 Å². The number of carbonyl (C=O) groups is 1. The van der Waals surface area contributed by atoms with Crippen LogP contribution in [0.4, 0.5) is 0 Å². The fourth-order valence-corrected chi connectivity index (χ4v) is 2.93. The van der Waals surface area contributed by atoms with E-state index in [0.717, 1.165) is 36.9 Å². The van der Waals surface area contributed by atoms with Crippen LogP contribution in [0.5, 0.6) is 0 Å². The Morgan fingerprint density at radius 2 is 2.42 bits per heavy atom. The van der Waals surface area contributed by atoms with Gasteiger partial charge in [0.15, 0.2) is 12.0 Å². The number of aryl methyl sites for hydroxylation is 1. The van der Waals surface area contributed by atoms with E-state index in [1.54, 1.807) is 0 Å². The predicted molar refractivity (Wildman–Crippen MR) is 73.0 cm³/mol. The van der Waals surface area contributed by atoms with Crippen LogP contribution in [0.3, 0.4) is 0 Å². The molecule has 3 rings (SSSR count). The van der Waals surface area contributed by atoms with E-state index in [4.69, 9.17) is 4.42 Å². The number of nitrogens with one attached hydrogen (secondary N) is 1. The maximum atomic E-state index is 11.3. The van der Waals surface area contributed by atoms with Gasteiger partial charge < -0.3 is 9.73 Å². The van der Waals surface area contributed by atoms with E-state index in [0.29, 0.717) is 12.3 Å². The summed E-state index contributed by atoms with van der Waals surface area (Å²) >= 11 is 0. The molecular formula is C15H18N2O2. The summed E-state index contributed by atoms with van der Waals surface area (Å²) in [7, 11) is 0. The van der Waals surface area contributed by atoms with Crippen molar-refractivity contribution in [2.45, 2.75) is 38.5 Å². The minimum atomic E-state index is 0.121. The number of hydrogen-bond donors (Lipinski definition) is 1. The van der Waals surface area contributed by atoms with Crippen LogP contribution in [0.15, 0.2) is 22.9 Å². The number of oxazole rings is 1. The van der Waals surface area contributed by atoms with E-state index in [2.05, 4.69) is 16.4 Å². The minimum absolute atomic E-state index is 0.121. The van der Waals surface area contributed by atoms with Gasteiger partial charge in [-0.25, -0.2) is 4.98 Å². The number of aromatic nitrogens is 1. The molecule has 1 unspecified atom stereocenters. The van der Waals surface area contributed by atoms with Gasteiger partial charge in [0, 0.05) is 18.5 Å². The second-order valence-electron chi connectivity index (χ2n) is 5.07. The Hall–Kier alpha value is -1.84. The monoisotopic (exact) mass is 258 g/mol. The van der Waals surface area contributed by atoms with Crippen molar-refractivity contribution in [1.82, 2.24) is 10.3 Å². The van der Waals surface area contributed by atoms with Crippen molar-refractivity contribution < 1.29 is 9.21 Å². The third kappa shape index (κ3) is 2.23. The van der Waals surface area contributed by atoms with Gasteiger partial charge in [0.1, 0.15) is 5.52 Å². The molecule has 0 saturated heterocycles. The van der Waals surface area contributed by atoms with Gasteiger partial charge in [-0.2, -0.15) is 0 Å². The van der Waals surface area contributed by atoms with Crippen molar-refractivity contribution in [3.8, 4) is 0 Å². The Balaban J connectivity index is 1.77. The zero-order valence-electron chi connectivity index (χ0n) is 11.1. The smallest absolute Gasteiger partial charge is 0.219 e. The minimum Gasteiger partial charge on any atom is -0.443 e. The first-order chi connectivity index (χ1) is 9.29. The maximum absolute atomic E-state index is 11.3. The number of rotatable bonds is 4. The molecule has 1 N–H and O–H groups in total. The summed E-state index contributed by atoms with van der Waals surface area (Å²) in [5, 5.41) is 2.95. The molecule has 1 aliphatic rings. The summed E-state index contributed by atoms with van der Waals surface area (Å²) in [6.45, 7) is 2.61. The second-order valence-corrected chi connectivity index (χ2v) is 5.07. The standard InChI is InChI=1S/C15H18N2O2/c1-2-13(18)16-8-7-11-4-3-10-5-6-12-15(14(10)11)19-9-17-12/h5-6,9,11H,2-4,7-8H2,1H3,(H,16,18). The molecule has 19 heavy (non-hydrogen) atoms. The third-order valence-electron chi connectivity index (χ3n) is 3.93. The molecule has 4 nitrogen and oxygen atoms in total. The average Bonchev–Trinajstić information content (AvgIpc) is 3.03. The number of amides is 1. The lowest BCUT2D eigenvalue weighted by atomic mass is 9.97.